The van der Waals surface area contributed by atoms with Gasteiger partial charge in [0.2, 0.25) is 0 Å². The van der Waals surface area contributed by atoms with E-state index < -0.39 is 0 Å². The minimum atomic E-state index is -0.354. The van der Waals surface area contributed by atoms with E-state index in [0.717, 1.165) is 10.2 Å². The highest BCUT2D eigenvalue weighted by molar-refractivity contribution is 9.10. The van der Waals surface area contributed by atoms with Crippen LogP contribution in [0, 0.1) is 6.92 Å². The van der Waals surface area contributed by atoms with Crippen molar-refractivity contribution >= 4 is 44.1 Å². The first-order valence-electron chi connectivity index (χ1n) is 5.18. The maximum Gasteiger partial charge on any atom is 0.350 e. The van der Waals surface area contributed by atoms with Crippen LogP contribution >= 0.6 is 27.3 Å². The molecule has 0 aliphatic heterocycles. The van der Waals surface area contributed by atoms with Crippen molar-refractivity contribution in [3.8, 4) is 0 Å². The standard InChI is InChI=1S/C12H11BrN2O2S/c1-7-10(11(16)17-2)18-12(14-7)15-9-5-3-4-8(13)6-9/h3-6H,1-2H3,(H,14,15). The van der Waals surface area contributed by atoms with Crippen molar-refractivity contribution in [1.82, 2.24) is 4.98 Å². The topological polar surface area (TPSA) is 51.2 Å². The average molecular weight is 327 g/mol. The van der Waals surface area contributed by atoms with Gasteiger partial charge in [-0.2, -0.15) is 0 Å². The number of rotatable bonds is 3. The first kappa shape index (κ1) is 13.0. The molecule has 2 rings (SSSR count). The first-order valence-corrected chi connectivity index (χ1v) is 6.79. The van der Waals surface area contributed by atoms with Crippen LogP contribution in [0.15, 0.2) is 28.7 Å². The third-order valence-corrected chi connectivity index (χ3v) is 3.79. The molecule has 1 aromatic heterocycles. The van der Waals surface area contributed by atoms with Crippen LogP contribution in [0.2, 0.25) is 0 Å². The Morgan fingerprint density at radius 1 is 1.50 bits per heavy atom. The van der Waals surface area contributed by atoms with E-state index in [1.807, 2.05) is 24.3 Å². The average Bonchev–Trinajstić information content (AvgIpc) is 2.69. The number of aromatic nitrogens is 1. The summed E-state index contributed by atoms with van der Waals surface area (Å²) < 4.78 is 5.68. The number of nitrogens with one attached hydrogen (secondary N) is 1. The molecule has 2 aromatic rings. The largest absolute Gasteiger partial charge is 0.465 e. The van der Waals surface area contributed by atoms with E-state index in [1.54, 1.807) is 6.92 Å². The number of hydrogen-bond acceptors (Lipinski definition) is 5. The van der Waals surface area contributed by atoms with Gasteiger partial charge in [-0.05, 0) is 25.1 Å². The smallest absolute Gasteiger partial charge is 0.350 e. The summed E-state index contributed by atoms with van der Waals surface area (Å²) in [6.07, 6.45) is 0. The molecule has 0 atom stereocenters. The number of methoxy groups -OCH3 is 1. The predicted molar refractivity (Wildman–Crippen MR) is 75.6 cm³/mol. The maximum absolute atomic E-state index is 11.5. The molecule has 0 bridgehead atoms. The molecule has 94 valence electrons. The molecule has 0 radical (unpaired) electrons. The Kier molecular flexibility index (Phi) is 3.98. The minimum Gasteiger partial charge on any atom is -0.465 e. The Labute approximate surface area is 117 Å². The van der Waals surface area contributed by atoms with Crippen LogP contribution < -0.4 is 5.32 Å². The van der Waals surface area contributed by atoms with Gasteiger partial charge in [-0.25, -0.2) is 9.78 Å². The number of hydrogen-bond donors (Lipinski definition) is 1. The zero-order valence-electron chi connectivity index (χ0n) is 9.86. The molecule has 1 N–H and O–H groups in total. The number of carbonyl (C=O) groups excluding carboxylic acids is 1. The number of anilines is 2. The van der Waals surface area contributed by atoms with Crippen LogP contribution in [0.25, 0.3) is 0 Å². The van der Waals surface area contributed by atoms with Gasteiger partial charge in [-0.3, -0.25) is 0 Å². The van der Waals surface area contributed by atoms with E-state index in [9.17, 15) is 4.79 Å². The van der Waals surface area contributed by atoms with Gasteiger partial charge in [-0.15, -0.1) is 0 Å². The summed E-state index contributed by atoms with van der Waals surface area (Å²) >= 11 is 4.68. The highest BCUT2D eigenvalue weighted by Crippen LogP contribution is 2.27. The molecule has 0 saturated heterocycles. The summed E-state index contributed by atoms with van der Waals surface area (Å²) in [6.45, 7) is 1.79. The van der Waals surface area contributed by atoms with E-state index in [1.165, 1.54) is 18.4 Å². The van der Waals surface area contributed by atoms with Gasteiger partial charge in [0.05, 0.1) is 12.8 Å². The van der Waals surface area contributed by atoms with Crippen molar-refractivity contribution in [3.05, 3.63) is 39.3 Å². The summed E-state index contributed by atoms with van der Waals surface area (Å²) in [5, 5.41) is 3.83. The normalized spacial score (nSPS) is 10.2. The molecular weight excluding hydrogens is 316 g/mol. The van der Waals surface area contributed by atoms with Gasteiger partial charge < -0.3 is 10.1 Å². The van der Waals surface area contributed by atoms with E-state index in [0.29, 0.717) is 15.7 Å². The molecule has 0 aliphatic rings. The molecule has 0 amide bonds. The fraction of sp³-hybridized carbons (Fsp3) is 0.167. The summed E-state index contributed by atoms with van der Waals surface area (Å²) in [5.41, 5.74) is 1.58. The summed E-state index contributed by atoms with van der Waals surface area (Å²) in [4.78, 5) is 16.3. The molecule has 4 nitrogen and oxygen atoms in total. The molecule has 0 aliphatic carbocycles. The number of benzene rings is 1. The zero-order chi connectivity index (χ0) is 13.1. The van der Waals surface area contributed by atoms with E-state index in [-0.39, 0.29) is 5.97 Å². The number of nitrogens with zero attached hydrogens (tertiary/aromatic N) is 1. The Bertz CT molecular complexity index is 583. The summed E-state index contributed by atoms with van der Waals surface area (Å²) in [6, 6.07) is 7.74. The van der Waals surface area contributed by atoms with E-state index >= 15 is 0 Å². The van der Waals surface area contributed by atoms with Crippen molar-refractivity contribution in [2.24, 2.45) is 0 Å². The monoisotopic (exact) mass is 326 g/mol. The lowest BCUT2D eigenvalue weighted by atomic mass is 10.3. The summed E-state index contributed by atoms with van der Waals surface area (Å²) in [7, 11) is 1.36. The lowest BCUT2D eigenvalue weighted by Gasteiger charge is -2.01. The van der Waals surface area contributed by atoms with Gasteiger partial charge in [0.1, 0.15) is 4.88 Å². The Morgan fingerprint density at radius 2 is 2.28 bits per heavy atom. The molecule has 0 fully saturated rings. The van der Waals surface area contributed by atoms with E-state index in [2.05, 4.69) is 26.2 Å². The fourth-order valence-electron chi connectivity index (χ4n) is 1.42. The molecule has 1 aromatic carbocycles. The van der Waals surface area contributed by atoms with Crippen LogP contribution in [0.4, 0.5) is 10.8 Å². The molecule has 0 spiro atoms. The van der Waals surface area contributed by atoms with Gasteiger partial charge in [-0.1, -0.05) is 33.3 Å². The number of thiazole rings is 1. The lowest BCUT2D eigenvalue weighted by Crippen LogP contribution is -1.99. The Hall–Kier alpha value is -1.40. The minimum absolute atomic E-state index is 0.354. The zero-order valence-corrected chi connectivity index (χ0v) is 12.3. The summed E-state index contributed by atoms with van der Waals surface area (Å²) in [5.74, 6) is -0.354. The van der Waals surface area contributed by atoms with Crippen LogP contribution in [0.5, 0.6) is 0 Å². The van der Waals surface area contributed by atoms with Gasteiger partial charge >= 0.3 is 5.97 Å². The van der Waals surface area contributed by atoms with Crippen molar-refractivity contribution < 1.29 is 9.53 Å². The second kappa shape index (κ2) is 5.49. The van der Waals surface area contributed by atoms with E-state index in [4.69, 9.17) is 4.74 Å². The molecule has 0 unspecified atom stereocenters. The number of esters is 1. The second-order valence-corrected chi connectivity index (χ2v) is 5.48. The molecule has 6 heteroatoms. The number of halogens is 1. The van der Waals surface area contributed by atoms with Gasteiger partial charge in [0.25, 0.3) is 0 Å². The molecule has 0 saturated carbocycles. The SMILES string of the molecule is COC(=O)c1sc(Nc2cccc(Br)c2)nc1C. The Balaban J connectivity index is 2.23. The lowest BCUT2D eigenvalue weighted by molar-refractivity contribution is 0.0605. The van der Waals surface area contributed by atoms with Gasteiger partial charge in [0, 0.05) is 10.2 Å². The van der Waals surface area contributed by atoms with Crippen LogP contribution in [-0.2, 0) is 4.74 Å². The van der Waals surface area contributed by atoms with Crippen LogP contribution in [0.3, 0.4) is 0 Å². The quantitative estimate of drug-likeness (QED) is 0.873. The third kappa shape index (κ3) is 2.88. The van der Waals surface area contributed by atoms with Crippen LogP contribution in [0.1, 0.15) is 15.4 Å². The first-order chi connectivity index (χ1) is 8.60. The number of ether oxygens (including phenoxy) is 1. The Morgan fingerprint density at radius 3 is 2.94 bits per heavy atom. The maximum atomic E-state index is 11.5. The number of carbonyl (C=O) groups is 1. The highest BCUT2D eigenvalue weighted by Gasteiger charge is 2.15. The molecule has 1 heterocycles. The third-order valence-electron chi connectivity index (χ3n) is 2.24. The number of aryl methyl sites for hydroxylation is 1. The van der Waals surface area contributed by atoms with Crippen molar-refractivity contribution in [2.45, 2.75) is 6.92 Å². The fourth-order valence-corrected chi connectivity index (χ4v) is 2.73. The molecular formula is C12H11BrN2O2S. The van der Waals surface area contributed by atoms with Crippen molar-refractivity contribution in [2.75, 3.05) is 12.4 Å². The molecule has 18 heavy (non-hydrogen) atoms. The van der Waals surface area contributed by atoms with Crippen molar-refractivity contribution in [3.63, 3.8) is 0 Å². The highest BCUT2D eigenvalue weighted by atomic mass is 79.9. The van der Waals surface area contributed by atoms with Crippen molar-refractivity contribution in [1.29, 1.82) is 0 Å². The predicted octanol–water partition coefficient (Wildman–Crippen LogP) is 3.74. The second-order valence-electron chi connectivity index (χ2n) is 3.56. The van der Waals surface area contributed by atoms with Gasteiger partial charge in [0.15, 0.2) is 5.13 Å². The van der Waals surface area contributed by atoms with Crippen LogP contribution in [-0.4, -0.2) is 18.1 Å².